The van der Waals surface area contributed by atoms with Gasteiger partial charge in [0.2, 0.25) is 0 Å². The van der Waals surface area contributed by atoms with Crippen LogP contribution < -0.4 is 5.73 Å². The minimum Gasteiger partial charge on any atom is -0.329 e. The van der Waals surface area contributed by atoms with Crippen molar-refractivity contribution in [3.8, 4) is 0 Å². The number of aryl methyl sites for hydroxylation is 1. The van der Waals surface area contributed by atoms with E-state index in [2.05, 4.69) is 55.3 Å². The van der Waals surface area contributed by atoms with Crippen LogP contribution in [0, 0.1) is 6.92 Å². The minimum atomic E-state index is 0.228. The summed E-state index contributed by atoms with van der Waals surface area (Å²) >= 11 is 5.92. The fourth-order valence-electron chi connectivity index (χ4n) is 2.35. The van der Waals surface area contributed by atoms with Crippen molar-refractivity contribution in [1.82, 2.24) is 4.90 Å². The lowest BCUT2D eigenvalue weighted by atomic mass is 10.0. The van der Waals surface area contributed by atoms with Gasteiger partial charge in [0, 0.05) is 24.2 Å². The summed E-state index contributed by atoms with van der Waals surface area (Å²) in [5, 5.41) is 0.769. The highest BCUT2D eigenvalue weighted by Gasteiger charge is 2.15. The highest BCUT2D eigenvalue weighted by atomic mass is 35.5. The summed E-state index contributed by atoms with van der Waals surface area (Å²) in [7, 11) is 2.10. The van der Waals surface area contributed by atoms with Crippen molar-refractivity contribution in [1.29, 1.82) is 0 Å². The molecule has 0 amide bonds. The molecule has 0 aliphatic heterocycles. The Morgan fingerprint density at radius 2 is 1.65 bits per heavy atom. The van der Waals surface area contributed by atoms with E-state index >= 15 is 0 Å². The van der Waals surface area contributed by atoms with E-state index in [1.807, 2.05) is 12.1 Å². The van der Waals surface area contributed by atoms with Gasteiger partial charge in [-0.15, -0.1) is 0 Å². The van der Waals surface area contributed by atoms with Crippen molar-refractivity contribution in [3.63, 3.8) is 0 Å². The number of nitrogens with zero attached hydrogens (tertiary/aromatic N) is 1. The Hall–Kier alpha value is -1.35. The van der Waals surface area contributed by atoms with E-state index in [9.17, 15) is 0 Å². The fraction of sp³-hybridized carbons (Fsp3) is 0.294. The molecule has 2 aromatic rings. The number of halogens is 1. The monoisotopic (exact) mass is 288 g/mol. The highest BCUT2D eigenvalue weighted by molar-refractivity contribution is 6.30. The van der Waals surface area contributed by atoms with Gasteiger partial charge in [0.15, 0.2) is 0 Å². The number of benzene rings is 2. The van der Waals surface area contributed by atoms with Crippen LogP contribution >= 0.6 is 11.6 Å². The van der Waals surface area contributed by atoms with Gasteiger partial charge in [0.25, 0.3) is 0 Å². The fourth-order valence-corrected chi connectivity index (χ4v) is 2.47. The van der Waals surface area contributed by atoms with Gasteiger partial charge in [-0.25, -0.2) is 0 Å². The van der Waals surface area contributed by atoms with Crippen molar-refractivity contribution in [3.05, 3.63) is 70.2 Å². The van der Waals surface area contributed by atoms with Crippen LogP contribution in [0.1, 0.15) is 22.7 Å². The molecule has 2 rings (SSSR count). The van der Waals surface area contributed by atoms with Crippen molar-refractivity contribution >= 4 is 11.6 Å². The smallest absolute Gasteiger partial charge is 0.0470 e. The van der Waals surface area contributed by atoms with E-state index in [-0.39, 0.29) is 6.04 Å². The molecule has 0 spiro atoms. The second kappa shape index (κ2) is 6.89. The van der Waals surface area contributed by atoms with E-state index < -0.39 is 0 Å². The summed E-state index contributed by atoms with van der Waals surface area (Å²) in [6.07, 6.45) is 0. The summed E-state index contributed by atoms with van der Waals surface area (Å²) in [5.74, 6) is 0. The van der Waals surface area contributed by atoms with Crippen LogP contribution in [0.15, 0.2) is 48.5 Å². The molecule has 0 saturated heterocycles. The third-order valence-corrected chi connectivity index (χ3v) is 3.81. The molecule has 1 unspecified atom stereocenters. The van der Waals surface area contributed by atoms with Crippen molar-refractivity contribution < 1.29 is 0 Å². The maximum atomic E-state index is 5.96. The number of hydrogen-bond acceptors (Lipinski definition) is 2. The maximum absolute atomic E-state index is 5.96. The van der Waals surface area contributed by atoms with E-state index in [0.29, 0.717) is 6.54 Å². The molecule has 2 N–H and O–H groups in total. The Balaban J connectivity index is 2.10. The van der Waals surface area contributed by atoms with Gasteiger partial charge in [-0.05, 0) is 37.2 Å². The lowest BCUT2D eigenvalue weighted by molar-refractivity contribution is 0.242. The quantitative estimate of drug-likeness (QED) is 0.907. The van der Waals surface area contributed by atoms with Crippen molar-refractivity contribution in [2.45, 2.75) is 19.5 Å². The third-order valence-electron chi connectivity index (χ3n) is 3.56. The minimum absolute atomic E-state index is 0.228. The average molecular weight is 289 g/mol. The maximum Gasteiger partial charge on any atom is 0.0470 e. The van der Waals surface area contributed by atoms with E-state index in [4.69, 9.17) is 17.3 Å². The van der Waals surface area contributed by atoms with Crippen LogP contribution in [0.2, 0.25) is 5.02 Å². The number of hydrogen-bond donors (Lipinski definition) is 1. The second-order valence-electron chi connectivity index (χ2n) is 5.20. The number of likely N-dealkylation sites (N-methyl/N-ethyl adjacent to an activating group) is 1. The predicted octanol–water partition coefficient (Wildman–Crippen LogP) is 3.78. The molecule has 20 heavy (non-hydrogen) atoms. The van der Waals surface area contributed by atoms with Gasteiger partial charge in [-0.3, -0.25) is 4.90 Å². The zero-order chi connectivity index (χ0) is 14.5. The Morgan fingerprint density at radius 1 is 1.05 bits per heavy atom. The van der Waals surface area contributed by atoms with Crippen LogP contribution in [-0.2, 0) is 6.54 Å². The lowest BCUT2D eigenvalue weighted by Crippen LogP contribution is -2.30. The average Bonchev–Trinajstić information content (AvgIpc) is 2.44. The Kier molecular flexibility index (Phi) is 5.18. The standard InChI is InChI=1S/C17H21ClN2/c1-13-3-7-15(8-4-13)17(11-19)20(2)12-14-5-9-16(18)10-6-14/h3-10,17H,11-12,19H2,1-2H3. The Labute approximate surface area is 126 Å². The Morgan fingerprint density at radius 3 is 2.20 bits per heavy atom. The molecule has 0 fully saturated rings. The SMILES string of the molecule is Cc1ccc(C(CN)N(C)Cc2ccc(Cl)cc2)cc1. The molecule has 0 saturated carbocycles. The summed E-state index contributed by atoms with van der Waals surface area (Å²) in [4.78, 5) is 2.27. The normalized spacial score (nSPS) is 12.7. The van der Waals surface area contributed by atoms with Gasteiger partial charge in [0.05, 0.1) is 0 Å². The first-order chi connectivity index (χ1) is 9.60. The van der Waals surface area contributed by atoms with E-state index in [0.717, 1.165) is 11.6 Å². The molecule has 3 heteroatoms. The molecule has 0 aliphatic rings. The summed E-state index contributed by atoms with van der Waals surface area (Å²) in [6.45, 7) is 3.55. The molecule has 0 radical (unpaired) electrons. The third kappa shape index (κ3) is 3.83. The zero-order valence-corrected chi connectivity index (χ0v) is 12.8. The predicted molar refractivity (Wildman–Crippen MR) is 85.9 cm³/mol. The molecule has 106 valence electrons. The van der Waals surface area contributed by atoms with Gasteiger partial charge < -0.3 is 5.73 Å². The first-order valence-corrected chi connectivity index (χ1v) is 7.19. The number of rotatable bonds is 5. The molecule has 2 nitrogen and oxygen atoms in total. The van der Waals surface area contributed by atoms with Crippen LogP contribution in [-0.4, -0.2) is 18.5 Å². The highest BCUT2D eigenvalue weighted by Crippen LogP contribution is 2.21. The van der Waals surface area contributed by atoms with Crippen molar-refractivity contribution in [2.24, 2.45) is 5.73 Å². The largest absolute Gasteiger partial charge is 0.329 e. The molecule has 0 aliphatic carbocycles. The first kappa shape index (κ1) is 15.0. The van der Waals surface area contributed by atoms with Gasteiger partial charge >= 0.3 is 0 Å². The molecule has 1 atom stereocenters. The van der Waals surface area contributed by atoms with E-state index in [1.54, 1.807) is 0 Å². The van der Waals surface area contributed by atoms with Crippen LogP contribution in [0.4, 0.5) is 0 Å². The molecule has 0 bridgehead atoms. The molecule has 0 aromatic heterocycles. The van der Waals surface area contributed by atoms with Gasteiger partial charge in [0.1, 0.15) is 0 Å². The molecule has 2 aromatic carbocycles. The van der Waals surface area contributed by atoms with E-state index in [1.165, 1.54) is 16.7 Å². The second-order valence-corrected chi connectivity index (χ2v) is 5.64. The summed E-state index contributed by atoms with van der Waals surface area (Å²) < 4.78 is 0. The number of nitrogens with two attached hydrogens (primary N) is 1. The lowest BCUT2D eigenvalue weighted by Gasteiger charge is -2.27. The summed E-state index contributed by atoms with van der Waals surface area (Å²) in [6, 6.07) is 16.8. The molecular weight excluding hydrogens is 268 g/mol. The first-order valence-electron chi connectivity index (χ1n) is 6.81. The van der Waals surface area contributed by atoms with Crippen molar-refractivity contribution in [2.75, 3.05) is 13.6 Å². The van der Waals surface area contributed by atoms with Gasteiger partial charge in [-0.2, -0.15) is 0 Å². The molecular formula is C17H21ClN2. The van der Waals surface area contributed by atoms with Crippen LogP contribution in [0.5, 0.6) is 0 Å². The van der Waals surface area contributed by atoms with Crippen LogP contribution in [0.25, 0.3) is 0 Å². The zero-order valence-electron chi connectivity index (χ0n) is 12.0. The Bertz CT molecular complexity index is 534. The topological polar surface area (TPSA) is 29.3 Å². The summed E-state index contributed by atoms with van der Waals surface area (Å²) in [5.41, 5.74) is 9.72. The van der Waals surface area contributed by atoms with Gasteiger partial charge in [-0.1, -0.05) is 53.6 Å². The molecule has 0 heterocycles. The van der Waals surface area contributed by atoms with Crippen LogP contribution in [0.3, 0.4) is 0 Å².